The Morgan fingerprint density at radius 3 is 3.00 bits per heavy atom. The van der Waals surface area contributed by atoms with Gasteiger partial charge in [0.15, 0.2) is 0 Å². The molecule has 0 fully saturated rings. The fourth-order valence-corrected chi connectivity index (χ4v) is 0.967. The van der Waals surface area contributed by atoms with Crippen molar-refractivity contribution in [2.45, 2.75) is 6.42 Å². The topological polar surface area (TPSA) is 41.4 Å². The van der Waals surface area contributed by atoms with Crippen LogP contribution < -0.4 is 5.01 Å². The van der Waals surface area contributed by atoms with E-state index in [-0.39, 0.29) is 0 Å². The van der Waals surface area contributed by atoms with Gasteiger partial charge >= 0.3 is 0 Å². The predicted octanol–water partition coefficient (Wildman–Crippen LogP) is 1.19. The normalized spacial score (nSPS) is 15.2. The quantitative estimate of drug-likeness (QED) is 0.619. The Morgan fingerprint density at radius 2 is 2.33 bits per heavy atom. The smallest absolute Gasteiger partial charge is 0.0862 e. The van der Waals surface area contributed by atoms with Crippen molar-refractivity contribution in [3.05, 3.63) is 30.7 Å². The van der Waals surface area contributed by atoms with Crippen molar-refractivity contribution < 1.29 is 0 Å². The molecule has 0 atom stereocenters. The standard InChI is InChI=1S/C8H8N4/c1-2-6-12(11-4-1)8-3-5-9-10-7-8/h2-7H,1H2. The molecule has 0 saturated carbocycles. The van der Waals surface area contributed by atoms with Crippen LogP contribution in [0.25, 0.3) is 0 Å². The second kappa shape index (κ2) is 3.13. The second-order valence-electron chi connectivity index (χ2n) is 2.36. The Kier molecular flexibility index (Phi) is 1.82. The van der Waals surface area contributed by atoms with E-state index in [2.05, 4.69) is 15.3 Å². The van der Waals surface area contributed by atoms with Crippen molar-refractivity contribution in [1.82, 2.24) is 10.2 Å². The zero-order valence-corrected chi connectivity index (χ0v) is 6.46. The van der Waals surface area contributed by atoms with Gasteiger partial charge in [-0.15, -0.1) is 0 Å². The highest BCUT2D eigenvalue weighted by molar-refractivity contribution is 5.64. The van der Waals surface area contributed by atoms with Crippen LogP contribution in [0.15, 0.2) is 35.8 Å². The molecule has 0 amide bonds. The maximum absolute atomic E-state index is 4.15. The van der Waals surface area contributed by atoms with Crippen LogP contribution in [0.4, 0.5) is 5.69 Å². The molecule has 1 aromatic heterocycles. The van der Waals surface area contributed by atoms with E-state index in [1.54, 1.807) is 17.4 Å². The highest BCUT2D eigenvalue weighted by Gasteiger charge is 2.01. The average Bonchev–Trinajstić information content (AvgIpc) is 2.21. The van der Waals surface area contributed by atoms with Gasteiger partial charge in [0.1, 0.15) is 0 Å². The molecule has 2 heterocycles. The van der Waals surface area contributed by atoms with E-state index < -0.39 is 0 Å². The first-order valence-corrected chi connectivity index (χ1v) is 3.72. The lowest BCUT2D eigenvalue weighted by Crippen LogP contribution is -2.10. The molecule has 0 aliphatic carbocycles. The van der Waals surface area contributed by atoms with Gasteiger partial charge in [-0.05, 0) is 6.07 Å². The largest absolute Gasteiger partial charge is 0.240 e. The number of hydrogen-bond donors (Lipinski definition) is 0. The van der Waals surface area contributed by atoms with Gasteiger partial charge in [-0.25, -0.2) is 5.01 Å². The Labute approximate surface area is 70.2 Å². The van der Waals surface area contributed by atoms with Crippen LogP contribution in [0, 0.1) is 0 Å². The molecule has 0 unspecified atom stereocenters. The summed E-state index contributed by atoms with van der Waals surface area (Å²) in [4.78, 5) is 0. The summed E-state index contributed by atoms with van der Waals surface area (Å²) in [6.07, 6.45) is 10.0. The molecular weight excluding hydrogens is 152 g/mol. The summed E-state index contributed by atoms with van der Waals surface area (Å²) in [5, 5.41) is 13.4. The summed E-state index contributed by atoms with van der Waals surface area (Å²) in [7, 11) is 0. The first-order chi connectivity index (χ1) is 5.97. The Bertz CT molecular complexity index is 292. The minimum absolute atomic E-state index is 0.898. The number of hydrogen-bond acceptors (Lipinski definition) is 4. The lowest BCUT2D eigenvalue weighted by atomic mass is 10.4. The van der Waals surface area contributed by atoms with Crippen LogP contribution in [0.5, 0.6) is 0 Å². The van der Waals surface area contributed by atoms with Crippen LogP contribution in [-0.4, -0.2) is 16.4 Å². The third-order valence-electron chi connectivity index (χ3n) is 1.53. The zero-order valence-electron chi connectivity index (χ0n) is 6.46. The first kappa shape index (κ1) is 6.97. The summed E-state index contributed by atoms with van der Waals surface area (Å²) in [5.74, 6) is 0. The Morgan fingerprint density at radius 1 is 1.33 bits per heavy atom. The number of rotatable bonds is 1. The molecule has 1 aromatic rings. The Hall–Kier alpha value is -1.71. The van der Waals surface area contributed by atoms with Crippen molar-refractivity contribution in [1.29, 1.82) is 0 Å². The van der Waals surface area contributed by atoms with Gasteiger partial charge in [0.05, 0.1) is 18.1 Å². The van der Waals surface area contributed by atoms with Crippen molar-refractivity contribution in [3.63, 3.8) is 0 Å². The fourth-order valence-electron chi connectivity index (χ4n) is 0.967. The number of allylic oxidation sites excluding steroid dienone is 1. The number of nitrogens with zero attached hydrogens (tertiary/aromatic N) is 4. The fraction of sp³-hybridized carbons (Fsp3) is 0.125. The lowest BCUT2D eigenvalue weighted by molar-refractivity contribution is 0.983. The molecule has 0 bridgehead atoms. The summed E-state index contributed by atoms with van der Waals surface area (Å²) in [6.45, 7) is 0. The molecule has 0 radical (unpaired) electrons. The van der Waals surface area contributed by atoms with Crippen LogP contribution in [0.2, 0.25) is 0 Å². The number of aromatic nitrogens is 2. The van der Waals surface area contributed by atoms with Crippen molar-refractivity contribution >= 4 is 11.9 Å². The number of hydrazone groups is 1. The van der Waals surface area contributed by atoms with E-state index in [1.807, 2.05) is 24.6 Å². The molecule has 12 heavy (non-hydrogen) atoms. The van der Waals surface area contributed by atoms with E-state index >= 15 is 0 Å². The van der Waals surface area contributed by atoms with Gasteiger partial charge in [-0.1, -0.05) is 6.08 Å². The molecule has 0 N–H and O–H groups in total. The van der Waals surface area contributed by atoms with E-state index in [9.17, 15) is 0 Å². The molecule has 1 aliphatic rings. The van der Waals surface area contributed by atoms with E-state index in [0.717, 1.165) is 12.1 Å². The van der Waals surface area contributed by atoms with Crippen molar-refractivity contribution in [3.8, 4) is 0 Å². The second-order valence-corrected chi connectivity index (χ2v) is 2.36. The van der Waals surface area contributed by atoms with Crippen LogP contribution in [-0.2, 0) is 0 Å². The van der Waals surface area contributed by atoms with Crippen LogP contribution in [0.1, 0.15) is 6.42 Å². The molecule has 2 rings (SSSR count). The van der Waals surface area contributed by atoms with Gasteiger partial charge < -0.3 is 0 Å². The van der Waals surface area contributed by atoms with Crippen molar-refractivity contribution in [2.24, 2.45) is 5.10 Å². The molecule has 0 spiro atoms. The van der Waals surface area contributed by atoms with Crippen LogP contribution >= 0.6 is 0 Å². The lowest BCUT2D eigenvalue weighted by Gasteiger charge is -2.14. The zero-order chi connectivity index (χ0) is 8.23. The summed E-state index contributed by atoms with van der Waals surface area (Å²) < 4.78 is 0. The summed E-state index contributed by atoms with van der Waals surface area (Å²) in [5.41, 5.74) is 0.928. The Balaban J connectivity index is 2.25. The molecule has 4 nitrogen and oxygen atoms in total. The third kappa shape index (κ3) is 1.32. The maximum atomic E-state index is 4.15. The van der Waals surface area contributed by atoms with Crippen molar-refractivity contribution in [2.75, 3.05) is 5.01 Å². The van der Waals surface area contributed by atoms with Crippen LogP contribution in [0.3, 0.4) is 0 Å². The van der Waals surface area contributed by atoms with E-state index in [4.69, 9.17) is 0 Å². The minimum Gasteiger partial charge on any atom is -0.240 e. The SMILES string of the molecule is C1=CN(c2ccnnc2)N=CC1. The maximum Gasteiger partial charge on any atom is 0.0862 e. The molecule has 4 heteroatoms. The first-order valence-electron chi connectivity index (χ1n) is 3.72. The highest BCUT2D eigenvalue weighted by Crippen LogP contribution is 2.13. The number of anilines is 1. The average molecular weight is 160 g/mol. The predicted molar refractivity (Wildman–Crippen MR) is 46.8 cm³/mol. The minimum atomic E-state index is 0.898. The van der Waals surface area contributed by atoms with E-state index in [0.29, 0.717) is 0 Å². The van der Waals surface area contributed by atoms with Gasteiger partial charge in [0, 0.05) is 18.8 Å². The van der Waals surface area contributed by atoms with Gasteiger partial charge in [0.25, 0.3) is 0 Å². The monoisotopic (exact) mass is 160 g/mol. The summed E-state index contributed by atoms with van der Waals surface area (Å²) >= 11 is 0. The van der Waals surface area contributed by atoms with Gasteiger partial charge in [-0.2, -0.15) is 15.3 Å². The van der Waals surface area contributed by atoms with E-state index in [1.165, 1.54) is 0 Å². The molecule has 0 saturated heterocycles. The third-order valence-corrected chi connectivity index (χ3v) is 1.53. The van der Waals surface area contributed by atoms with Gasteiger partial charge in [0.2, 0.25) is 0 Å². The molecule has 1 aliphatic heterocycles. The molecular formula is C8H8N4. The van der Waals surface area contributed by atoms with Gasteiger partial charge in [-0.3, -0.25) is 0 Å². The molecule has 60 valence electrons. The molecule has 0 aromatic carbocycles. The summed E-state index contributed by atoms with van der Waals surface area (Å²) in [6, 6.07) is 1.86. The highest BCUT2D eigenvalue weighted by atomic mass is 15.4.